The fourth-order valence-electron chi connectivity index (χ4n) is 2.37. The number of amides is 1. The molecule has 1 amide bonds. The molecule has 130 valence electrons. The maximum atomic E-state index is 12.3. The number of carbonyl (C=O) groups excluding carboxylic acids is 1. The van der Waals surface area contributed by atoms with Crippen LogP contribution in [-0.4, -0.2) is 33.5 Å². The van der Waals surface area contributed by atoms with Crippen molar-refractivity contribution in [1.82, 2.24) is 14.8 Å². The van der Waals surface area contributed by atoms with Crippen molar-refractivity contribution >= 4 is 23.4 Å². The van der Waals surface area contributed by atoms with Gasteiger partial charge in [-0.15, -0.1) is 10.2 Å². The molecule has 24 heavy (non-hydrogen) atoms. The highest BCUT2D eigenvalue weighted by Gasteiger charge is 2.16. The third-order valence-corrected chi connectivity index (χ3v) is 4.51. The van der Waals surface area contributed by atoms with Crippen LogP contribution in [0.5, 0.6) is 5.75 Å². The molecule has 2 rings (SSSR count). The first kappa shape index (κ1) is 18.3. The van der Waals surface area contributed by atoms with Crippen LogP contribution in [0.2, 0.25) is 0 Å². The van der Waals surface area contributed by atoms with Crippen LogP contribution in [0.1, 0.15) is 38.1 Å². The van der Waals surface area contributed by atoms with Gasteiger partial charge in [0.1, 0.15) is 11.6 Å². The van der Waals surface area contributed by atoms with Crippen LogP contribution in [-0.2, 0) is 11.3 Å². The van der Waals surface area contributed by atoms with Crippen LogP contribution < -0.4 is 10.1 Å². The van der Waals surface area contributed by atoms with Gasteiger partial charge >= 0.3 is 0 Å². The summed E-state index contributed by atoms with van der Waals surface area (Å²) in [5, 5.41) is 12.1. The summed E-state index contributed by atoms with van der Waals surface area (Å²) in [4.78, 5) is 12.3. The lowest BCUT2D eigenvalue weighted by molar-refractivity contribution is -0.113. The molecule has 1 aromatic carbocycles. The number of methoxy groups -OCH3 is 1. The van der Waals surface area contributed by atoms with Gasteiger partial charge in [-0.25, -0.2) is 0 Å². The van der Waals surface area contributed by atoms with Gasteiger partial charge in [0.05, 0.1) is 18.6 Å². The predicted molar refractivity (Wildman–Crippen MR) is 96.9 cm³/mol. The lowest BCUT2D eigenvalue weighted by atomic mass is 10.2. The fourth-order valence-corrected chi connectivity index (χ4v) is 3.18. The Hall–Kier alpha value is -2.02. The molecular weight excluding hydrogens is 324 g/mol. The first-order chi connectivity index (χ1) is 11.5. The number of aromatic nitrogens is 3. The Bertz CT molecular complexity index is 713. The summed E-state index contributed by atoms with van der Waals surface area (Å²) in [6, 6.07) is 5.69. The molecule has 0 fully saturated rings. The molecule has 7 heteroatoms. The minimum atomic E-state index is -0.0966. The predicted octanol–water partition coefficient (Wildman–Crippen LogP) is 3.47. The number of carbonyl (C=O) groups is 1. The molecule has 0 aliphatic heterocycles. The Morgan fingerprint density at radius 1 is 1.38 bits per heavy atom. The molecule has 2 aromatic rings. The summed E-state index contributed by atoms with van der Waals surface area (Å²) in [5.41, 5.74) is 1.74. The molecular formula is C17H24N4O2S. The van der Waals surface area contributed by atoms with Crippen molar-refractivity contribution in [3.05, 3.63) is 29.6 Å². The standard InChI is InChI=1S/C17H24N4O2S/c1-6-21-16(11(2)3)19-20-17(21)24-10-15(22)18-13-9-12(4)7-8-14(13)23-5/h7-9,11H,6,10H2,1-5H3,(H,18,22). The van der Waals surface area contributed by atoms with Gasteiger partial charge in [-0.2, -0.15) is 0 Å². The van der Waals surface area contributed by atoms with Gasteiger partial charge in [-0.3, -0.25) is 4.79 Å². The van der Waals surface area contributed by atoms with E-state index in [4.69, 9.17) is 4.74 Å². The zero-order valence-electron chi connectivity index (χ0n) is 14.8. The first-order valence-electron chi connectivity index (χ1n) is 7.96. The molecule has 6 nitrogen and oxygen atoms in total. The monoisotopic (exact) mass is 348 g/mol. The third kappa shape index (κ3) is 4.29. The van der Waals surface area contributed by atoms with E-state index >= 15 is 0 Å². The highest BCUT2D eigenvalue weighted by Crippen LogP contribution is 2.26. The molecule has 0 saturated heterocycles. The number of rotatable bonds is 7. The van der Waals surface area contributed by atoms with E-state index in [2.05, 4.69) is 40.9 Å². The van der Waals surface area contributed by atoms with Crippen LogP contribution in [0.25, 0.3) is 0 Å². The largest absolute Gasteiger partial charge is 0.495 e. The van der Waals surface area contributed by atoms with Gasteiger partial charge in [-0.05, 0) is 31.5 Å². The van der Waals surface area contributed by atoms with Crippen molar-refractivity contribution in [2.45, 2.75) is 45.3 Å². The third-order valence-electron chi connectivity index (χ3n) is 3.54. The van der Waals surface area contributed by atoms with Crippen LogP contribution >= 0.6 is 11.8 Å². The summed E-state index contributed by atoms with van der Waals surface area (Å²) in [6.45, 7) is 8.98. The number of hydrogen-bond acceptors (Lipinski definition) is 5. The highest BCUT2D eigenvalue weighted by atomic mass is 32.2. The van der Waals surface area contributed by atoms with Crippen molar-refractivity contribution in [3.63, 3.8) is 0 Å². The Kier molecular flexibility index (Phi) is 6.25. The van der Waals surface area contributed by atoms with E-state index < -0.39 is 0 Å². The number of hydrogen-bond donors (Lipinski definition) is 1. The number of ether oxygens (including phenoxy) is 1. The maximum absolute atomic E-state index is 12.3. The smallest absolute Gasteiger partial charge is 0.234 e. The second-order valence-corrected chi connectivity index (χ2v) is 6.72. The zero-order valence-corrected chi connectivity index (χ0v) is 15.6. The highest BCUT2D eigenvalue weighted by molar-refractivity contribution is 7.99. The number of thioether (sulfide) groups is 1. The molecule has 0 unspecified atom stereocenters. The normalized spacial score (nSPS) is 10.9. The van der Waals surface area contributed by atoms with E-state index in [9.17, 15) is 4.79 Å². The van der Waals surface area contributed by atoms with Gasteiger partial charge in [0.25, 0.3) is 0 Å². The second kappa shape index (κ2) is 8.19. The zero-order chi connectivity index (χ0) is 17.7. The molecule has 1 N–H and O–H groups in total. The van der Waals surface area contributed by atoms with Gasteiger partial charge in [-0.1, -0.05) is 31.7 Å². The van der Waals surface area contributed by atoms with Crippen molar-refractivity contribution in [2.24, 2.45) is 0 Å². The van der Waals surface area contributed by atoms with E-state index in [1.807, 2.05) is 25.1 Å². The fraction of sp³-hybridized carbons (Fsp3) is 0.471. The average Bonchev–Trinajstić information content (AvgIpc) is 2.96. The molecule has 1 aromatic heterocycles. The minimum absolute atomic E-state index is 0.0966. The Morgan fingerprint density at radius 2 is 2.12 bits per heavy atom. The maximum Gasteiger partial charge on any atom is 0.234 e. The van der Waals surface area contributed by atoms with Crippen molar-refractivity contribution in [3.8, 4) is 5.75 Å². The first-order valence-corrected chi connectivity index (χ1v) is 8.95. The molecule has 0 radical (unpaired) electrons. The van der Waals surface area contributed by atoms with E-state index in [-0.39, 0.29) is 11.7 Å². The lowest BCUT2D eigenvalue weighted by Crippen LogP contribution is -2.15. The van der Waals surface area contributed by atoms with Crippen LogP contribution in [0.3, 0.4) is 0 Å². The number of nitrogens with zero attached hydrogens (tertiary/aromatic N) is 3. The number of nitrogens with one attached hydrogen (secondary N) is 1. The van der Waals surface area contributed by atoms with Crippen molar-refractivity contribution in [1.29, 1.82) is 0 Å². The molecule has 0 aliphatic carbocycles. The molecule has 0 bridgehead atoms. The minimum Gasteiger partial charge on any atom is -0.495 e. The molecule has 0 saturated carbocycles. The van der Waals surface area contributed by atoms with E-state index in [1.165, 1.54) is 11.8 Å². The van der Waals surface area contributed by atoms with Gasteiger partial charge in [0, 0.05) is 12.5 Å². The van der Waals surface area contributed by atoms with E-state index in [0.29, 0.717) is 17.4 Å². The second-order valence-electron chi connectivity index (χ2n) is 5.78. The van der Waals surface area contributed by atoms with Crippen molar-refractivity contribution < 1.29 is 9.53 Å². The summed E-state index contributed by atoms with van der Waals surface area (Å²) < 4.78 is 7.33. The summed E-state index contributed by atoms with van der Waals surface area (Å²) >= 11 is 1.39. The summed E-state index contributed by atoms with van der Waals surface area (Å²) in [5.74, 6) is 2.07. The average molecular weight is 348 g/mol. The van der Waals surface area contributed by atoms with Gasteiger partial charge in [0.2, 0.25) is 5.91 Å². The molecule has 0 aliphatic rings. The van der Waals surface area contributed by atoms with Crippen LogP contribution in [0.15, 0.2) is 23.4 Å². The summed E-state index contributed by atoms with van der Waals surface area (Å²) in [7, 11) is 1.59. The number of aryl methyl sites for hydroxylation is 1. The SMILES string of the molecule is CCn1c(SCC(=O)Nc2cc(C)ccc2OC)nnc1C(C)C. The lowest BCUT2D eigenvalue weighted by Gasteiger charge is -2.11. The Labute approximate surface area is 147 Å². The van der Waals surface area contributed by atoms with Crippen LogP contribution in [0, 0.1) is 6.92 Å². The molecule has 1 heterocycles. The van der Waals surface area contributed by atoms with Gasteiger partial charge in [0.15, 0.2) is 5.16 Å². The van der Waals surface area contributed by atoms with Gasteiger partial charge < -0.3 is 14.6 Å². The topological polar surface area (TPSA) is 69.0 Å². The quantitative estimate of drug-likeness (QED) is 0.776. The Morgan fingerprint density at radius 3 is 2.75 bits per heavy atom. The number of anilines is 1. The molecule has 0 spiro atoms. The van der Waals surface area contributed by atoms with E-state index in [1.54, 1.807) is 7.11 Å². The van der Waals surface area contributed by atoms with Crippen molar-refractivity contribution in [2.75, 3.05) is 18.2 Å². The molecule has 0 atom stereocenters. The Balaban J connectivity index is 2.03. The number of benzene rings is 1. The van der Waals surface area contributed by atoms with Crippen LogP contribution in [0.4, 0.5) is 5.69 Å². The summed E-state index contributed by atoms with van der Waals surface area (Å²) in [6.07, 6.45) is 0. The van der Waals surface area contributed by atoms with E-state index in [0.717, 1.165) is 23.1 Å².